The minimum atomic E-state index is -0.398. The third-order valence-corrected chi connectivity index (χ3v) is 2.37. The standard InChI is InChI=1S/C11H11N3O2/c1-6(2)9-7(3)13-11-12-5-4-8(15)14(11)10(9)16/h4-5H,1-3H3. The van der Waals surface area contributed by atoms with Crippen molar-refractivity contribution in [1.29, 1.82) is 0 Å². The Kier molecular flexibility index (Phi) is 2.30. The maximum absolute atomic E-state index is 12.1. The molecule has 0 saturated heterocycles. The summed E-state index contributed by atoms with van der Waals surface area (Å²) in [5, 5.41) is 0.489. The van der Waals surface area contributed by atoms with Gasteiger partial charge in [0.1, 0.15) is 0 Å². The molecule has 5 heteroatoms. The Morgan fingerprint density at radius 2 is 2.00 bits per heavy atom. The Morgan fingerprint density at radius 1 is 1.31 bits per heavy atom. The Balaban J connectivity index is 3.24. The lowest BCUT2D eigenvalue weighted by atomic mass is 10.2. The summed E-state index contributed by atoms with van der Waals surface area (Å²) in [5.41, 5.74) is 0.696. The van der Waals surface area contributed by atoms with E-state index in [1.54, 1.807) is 6.92 Å². The van der Waals surface area contributed by atoms with Gasteiger partial charge >= 0.3 is 0 Å². The molecule has 2 heterocycles. The number of rotatable bonds is 0. The van der Waals surface area contributed by atoms with Crippen LogP contribution < -0.4 is 16.3 Å². The van der Waals surface area contributed by atoms with Gasteiger partial charge in [0, 0.05) is 12.3 Å². The van der Waals surface area contributed by atoms with E-state index in [1.165, 1.54) is 12.3 Å². The average Bonchev–Trinajstić information content (AvgIpc) is 2.15. The van der Waals surface area contributed by atoms with Gasteiger partial charge in [0.25, 0.3) is 11.1 Å². The maximum Gasteiger partial charge on any atom is 0.269 e. The van der Waals surface area contributed by atoms with Crippen molar-refractivity contribution >= 4 is 11.4 Å². The summed E-state index contributed by atoms with van der Waals surface area (Å²) < 4.78 is 0.995. The Morgan fingerprint density at radius 3 is 2.62 bits per heavy atom. The van der Waals surface area contributed by atoms with Crippen molar-refractivity contribution < 1.29 is 0 Å². The van der Waals surface area contributed by atoms with Crippen molar-refractivity contribution in [1.82, 2.24) is 14.4 Å². The lowest BCUT2D eigenvalue weighted by Gasteiger charge is -2.00. The van der Waals surface area contributed by atoms with Crippen LogP contribution in [0.2, 0.25) is 0 Å². The monoisotopic (exact) mass is 217 g/mol. The van der Waals surface area contributed by atoms with Crippen molar-refractivity contribution in [3.8, 4) is 0 Å². The highest BCUT2D eigenvalue weighted by Gasteiger charge is 2.07. The largest absolute Gasteiger partial charge is 0.269 e. The summed E-state index contributed by atoms with van der Waals surface area (Å²) in [6.45, 7) is 5.38. The van der Waals surface area contributed by atoms with E-state index in [4.69, 9.17) is 0 Å². The van der Waals surface area contributed by atoms with Crippen molar-refractivity contribution in [2.24, 2.45) is 0 Å². The third kappa shape index (κ3) is 1.41. The molecular weight excluding hydrogens is 206 g/mol. The summed E-state index contributed by atoms with van der Waals surface area (Å²) in [5.74, 6) is 0.153. The normalized spacial score (nSPS) is 10.7. The molecule has 0 saturated carbocycles. The van der Waals surface area contributed by atoms with Gasteiger partial charge < -0.3 is 0 Å². The molecule has 0 spiro atoms. The maximum atomic E-state index is 12.1. The highest BCUT2D eigenvalue weighted by atomic mass is 16.2. The van der Waals surface area contributed by atoms with E-state index in [0.717, 1.165) is 9.97 Å². The van der Waals surface area contributed by atoms with Crippen LogP contribution in [-0.4, -0.2) is 14.4 Å². The molecule has 0 aliphatic heterocycles. The van der Waals surface area contributed by atoms with Gasteiger partial charge in [-0.05, 0) is 20.8 Å². The van der Waals surface area contributed by atoms with Crippen LogP contribution in [0.25, 0.3) is 11.4 Å². The number of aromatic nitrogens is 3. The van der Waals surface area contributed by atoms with Crippen LogP contribution in [0, 0.1) is 6.92 Å². The van der Waals surface area contributed by atoms with Crippen molar-refractivity contribution in [2.75, 3.05) is 0 Å². The smallest absolute Gasteiger partial charge is 0.269 e. The zero-order valence-electron chi connectivity index (χ0n) is 9.31. The molecular formula is C11H11N3O2. The van der Waals surface area contributed by atoms with Crippen LogP contribution in [0.4, 0.5) is 0 Å². The summed E-state index contributed by atoms with van der Waals surface area (Å²) in [6, 6.07) is 1.25. The Hall–Kier alpha value is -2.04. The molecule has 0 atom stereocenters. The molecule has 2 rings (SSSR count). The quantitative estimate of drug-likeness (QED) is 0.606. The lowest BCUT2D eigenvalue weighted by molar-refractivity contribution is 0.920. The summed E-state index contributed by atoms with van der Waals surface area (Å²) in [4.78, 5) is 31.7. The fraction of sp³-hybridized carbons (Fsp3) is 0.273. The molecule has 0 radical (unpaired) electrons. The number of nitrogens with zero attached hydrogens (tertiary/aromatic N) is 3. The van der Waals surface area contributed by atoms with Crippen molar-refractivity contribution in [3.05, 3.63) is 43.9 Å². The van der Waals surface area contributed by atoms with Gasteiger partial charge in [0.15, 0.2) is 0 Å². The molecule has 0 aliphatic rings. The van der Waals surface area contributed by atoms with E-state index in [1.807, 2.05) is 13.8 Å². The lowest BCUT2D eigenvalue weighted by Crippen LogP contribution is -2.40. The molecule has 0 aliphatic carbocycles. The van der Waals surface area contributed by atoms with Gasteiger partial charge in [0.05, 0.1) is 10.9 Å². The van der Waals surface area contributed by atoms with Crippen LogP contribution in [0.3, 0.4) is 0 Å². The molecule has 0 N–H and O–H groups in total. The highest BCUT2D eigenvalue weighted by Crippen LogP contribution is 1.90. The first-order valence-corrected chi connectivity index (χ1v) is 4.88. The predicted octanol–water partition coefficient (Wildman–Crippen LogP) is -0.332. The van der Waals surface area contributed by atoms with Gasteiger partial charge in [-0.2, -0.15) is 0 Å². The van der Waals surface area contributed by atoms with E-state index in [0.29, 0.717) is 10.9 Å². The van der Waals surface area contributed by atoms with Crippen LogP contribution in [0.5, 0.6) is 0 Å². The van der Waals surface area contributed by atoms with Gasteiger partial charge in [-0.15, -0.1) is 0 Å². The number of fused-ring (bicyclic) bond motifs is 1. The van der Waals surface area contributed by atoms with Crippen LogP contribution in [0.1, 0.15) is 19.5 Å². The second-order valence-corrected chi connectivity index (χ2v) is 3.80. The van der Waals surface area contributed by atoms with E-state index in [2.05, 4.69) is 9.97 Å². The van der Waals surface area contributed by atoms with Gasteiger partial charge in [-0.1, -0.05) is 5.57 Å². The second kappa shape index (κ2) is 3.52. The zero-order valence-corrected chi connectivity index (χ0v) is 9.31. The SMILES string of the molecule is CC(C)=c1c(C)nc2nccc(=O)n2c1=O. The molecule has 2 aromatic rings. The van der Waals surface area contributed by atoms with Gasteiger partial charge in [-0.25, -0.2) is 14.4 Å². The first-order valence-electron chi connectivity index (χ1n) is 4.88. The molecule has 2 aromatic heterocycles. The zero-order chi connectivity index (χ0) is 11.9. The first kappa shape index (κ1) is 10.5. The van der Waals surface area contributed by atoms with E-state index < -0.39 is 5.56 Å². The molecule has 0 bridgehead atoms. The molecule has 0 amide bonds. The fourth-order valence-corrected chi connectivity index (χ4v) is 1.72. The van der Waals surface area contributed by atoms with Gasteiger partial charge in [0.2, 0.25) is 5.78 Å². The first-order chi connectivity index (χ1) is 7.52. The van der Waals surface area contributed by atoms with E-state index in [9.17, 15) is 9.59 Å². The minimum Gasteiger partial charge on any atom is -0.269 e. The Bertz CT molecular complexity index is 727. The molecule has 5 nitrogen and oxygen atoms in total. The molecule has 0 aromatic carbocycles. The van der Waals surface area contributed by atoms with Crippen LogP contribution in [0.15, 0.2) is 21.9 Å². The summed E-state index contributed by atoms with van der Waals surface area (Å²) in [7, 11) is 0. The molecule has 0 unspecified atom stereocenters. The fourth-order valence-electron chi connectivity index (χ4n) is 1.72. The highest BCUT2D eigenvalue weighted by molar-refractivity contribution is 5.41. The minimum absolute atomic E-state index is 0.153. The van der Waals surface area contributed by atoms with E-state index in [-0.39, 0.29) is 11.3 Å². The molecule has 16 heavy (non-hydrogen) atoms. The second-order valence-electron chi connectivity index (χ2n) is 3.80. The third-order valence-electron chi connectivity index (χ3n) is 2.37. The van der Waals surface area contributed by atoms with Crippen molar-refractivity contribution in [2.45, 2.75) is 20.8 Å². The number of aryl methyl sites for hydroxylation is 1. The van der Waals surface area contributed by atoms with Gasteiger partial charge in [-0.3, -0.25) is 9.59 Å². The van der Waals surface area contributed by atoms with E-state index >= 15 is 0 Å². The van der Waals surface area contributed by atoms with Crippen LogP contribution in [-0.2, 0) is 0 Å². The number of hydrogen-bond donors (Lipinski definition) is 0. The molecule has 0 fully saturated rings. The summed E-state index contributed by atoms with van der Waals surface area (Å²) >= 11 is 0. The van der Waals surface area contributed by atoms with Crippen molar-refractivity contribution in [3.63, 3.8) is 0 Å². The topological polar surface area (TPSA) is 64.3 Å². The Labute approximate surface area is 91.1 Å². The summed E-state index contributed by atoms with van der Waals surface area (Å²) in [6.07, 6.45) is 1.35. The van der Waals surface area contributed by atoms with Crippen LogP contribution >= 0.6 is 0 Å². The number of hydrogen-bond acceptors (Lipinski definition) is 4. The molecule has 82 valence electrons. The predicted molar refractivity (Wildman–Crippen MR) is 60.2 cm³/mol. The average molecular weight is 217 g/mol.